The monoisotopic (exact) mass is 298 g/mol. The summed E-state index contributed by atoms with van der Waals surface area (Å²) in [5, 5.41) is 2.78. The number of carbonyl (C=O) groups excluding carboxylic acids is 2. The van der Waals surface area contributed by atoms with Gasteiger partial charge < -0.3 is 10.1 Å². The van der Waals surface area contributed by atoms with Crippen molar-refractivity contribution in [1.82, 2.24) is 10.3 Å². The lowest BCUT2D eigenvalue weighted by molar-refractivity contribution is 0.0519. The predicted octanol–water partition coefficient (Wildman–Crippen LogP) is 2.50. The molecule has 0 radical (unpaired) electrons. The van der Waals surface area contributed by atoms with Crippen LogP contribution in [-0.2, 0) is 11.3 Å². The van der Waals surface area contributed by atoms with Crippen molar-refractivity contribution >= 4 is 11.9 Å². The number of esters is 1. The summed E-state index contributed by atoms with van der Waals surface area (Å²) in [6, 6.07) is 12.6. The van der Waals surface area contributed by atoms with Crippen LogP contribution in [0.25, 0.3) is 0 Å². The molecule has 0 aliphatic heterocycles. The van der Waals surface area contributed by atoms with Crippen molar-refractivity contribution < 1.29 is 14.3 Å². The molecular weight excluding hydrogens is 280 g/mol. The first kappa shape index (κ1) is 15.7. The third-order valence-corrected chi connectivity index (χ3v) is 3.04. The minimum atomic E-state index is -0.532. The molecule has 0 fully saturated rings. The van der Waals surface area contributed by atoms with Gasteiger partial charge in [0, 0.05) is 6.54 Å². The van der Waals surface area contributed by atoms with Gasteiger partial charge in [0.05, 0.1) is 6.61 Å². The molecule has 1 heterocycles. The summed E-state index contributed by atoms with van der Waals surface area (Å²) < 4.78 is 4.87. The molecule has 5 nitrogen and oxygen atoms in total. The quantitative estimate of drug-likeness (QED) is 0.861. The molecule has 2 rings (SSSR count). The van der Waals surface area contributed by atoms with E-state index in [9.17, 15) is 9.59 Å². The van der Waals surface area contributed by atoms with Crippen molar-refractivity contribution in [2.75, 3.05) is 6.61 Å². The standard InChI is InChI=1S/C17H18N2O3/c1-3-22-17(21)15-6-4-5-14(19-15)16(20)18-11-13-9-7-12(2)8-10-13/h4-10H,3,11H2,1-2H3,(H,18,20). The Bertz CT molecular complexity index is 666. The minimum absolute atomic E-state index is 0.129. The number of aromatic nitrogens is 1. The largest absolute Gasteiger partial charge is 0.461 e. The number of aryl methyl sites for hydroxylation is 1. The second kappa shape index (κ2) is 7.36. The zero-order chi connectivity index (χ0) is 15.9. The fourth-order valence-corrected chi connectivity index (χ4v) is 1.86. The van der Waals surface area contributed by atoms with Gasteiger partial charge in [0.2, 0.25) is 0 Å². The van der Waals surface area contributed by atoms with Gasteiger partial charge in [-0.2, -0.15) is 0 Å². The summed E-state index contributed by atoms with van der Waals surface area (Å²) in [5.41, 5.74) is 2.49. The van der Waals surface area contributed by atoms with Gasteiger partial charge in [-0.05, 0) is 31.5 Å². The lowest BCUT2D eigenvalue weighted by Crippen LogP contribution is -2.24. The van der Waals surface area contributed by atoms with E-state index in [2.05, 4.69) is 10.3 Å². The average molecular weight is 298 g/mol. The Morgan fingerprint density at radius 2 is 1.77 bits per heavy atom. The van der Waals surface area contributed by atoms with Gasteiger partial charge in [0.15, 0.2) is 0 Å². The van der Waals surface area contributed by atoms with Crippen molar-refractivity contribution in [3.8, 4) is 0 Å². The highest BCUT2D eigenvalue weighted by molar-refractivity contribution is 5.94. The normalized spacial score (nSPS) is 10.1. The van der Waals surface area contributed by atoms with Crippen LogP contribution in [0.5, 0.6) is 0 Å². The highest BCUT2D eigenvalue weighted by atomic mass is 16.5. The molecule has 0 spiro atoms. The molecule has 0 atom stereocenters. The number of amides is 1. The highest BCUT2D eigenvalue weighted by Gasteiger charge is 2.12. The first-order chi connectivity index (χ1) is 10.6. The van der Waals surface area contributed by atoms with Crippen LogP contribution in [0.4, 0.5) is 0 Å². The number of ether oxygens (including phenoxy) is 1. The number of hydrogen-bond donors (Lipinski definition) is 1. The average Bonchev–Trinajstić information content (AvgIpc) is 2.54. The van der Waals surface area contributed by atoms with E-state index in [1.807, 2.05) is 31.2 Å². The Balaban J connectivity index is 2.01. The van der Waals surface area contributed by atoms with Crippen molar-refractivity contribution in [2.45, 2.75) is 20.4 Å². The maximum atomic E-state index is 12.1. The van der Waals surface area contributed by atoms with Crippen LogP contribution in [0.3, 0.4) is 0 Å². The molecule has 0 saturated carbocycles. The smallest absolute Gasteiger partial charge is 0.356 e. The first-order valence-corrected chi connectivity index (χ1v) is 7.08. The van der Waals surface area contributed by atoms with Crippen molar-refractivity contribution in [3.63, 3.8) is 0 Å². The Hall–Kier alpha value is -2.69. The first-order valence-electron chi connectivity index (χ1n) is 7.08. The maximum Gasteiger partial charge on any atom is 0.356 e. The van der Waals surface area contributed by atoms with E-state index in [1.165, 1.54) is 11.6 Å². The molecule has 0 unspecified atom stereocenters. The van der Waals surface area contributed by atoms with Gasteiger partial charge in [-0.3, -0.25) is 4.79 Å². The Labute approximate surface area is 129 Å². The second-order valence-corrected chi connectivity index (χ2v) is 4.80. The fourth-order valence-electron chi connectivity index (χ4n) is 1.86. The van der Waals surface area contributed by atoms with Crippen LogP contribution >= 0.6 is 0 Å². The van der Waals surface area contributed by atoms with Crippen LogP contribution in [0.15, 0.2) is 42.5 Å². The molecule has 0 aliphatic rings. The number of nitrogens with one attached hydrogen (secondary N) is 1. The molecule has 22 heavy (non-hydrogen) atoms. The highest BCUT2D eigenvalue weighted by Crippen LogP contribution is 2.05. The molecule has 1 amide bonds. The number of nitrogens with zero attached hydrogens (tertiary/aromatic N) is 1. The molecule has 0 saturated heterocycles. The summed E-state index contributed by atoms with van der Waals surface area (Å²) in [6.07, 6.45) is 0. The maximum absolute atomic E-state index is 12.1. The summed E-state index contributed by atoms with van der Waals surface area (Å²) in [4.78, 5) is 27.7. The third-order valence-electron chi connectivity index (χ3n) is 3.04. The van der Waals surface area contributed by atoms with Crippen LogP contribution in [-0.4, -0.2) is 23.5 Å². The number of rotatable bonds is 5. The van der Waals surface area contributed by atoms with Crippen molar-refractivity contribution in [2.24, 2.45) is 0 Å². The Kier molecular flexibility index (Phi) is 5.25. The second-order valence-electron chi connectivity index (χ2n) is 4.80. The number of benzene rings is 1. The molecule has 114 valence electrons. The van der Waals surface area contributed by atoms with Crippen LogP contribution in [0.2, 0.25) is 0 Å². The van der Waals surface area contributed by atoms with E-state index in [-0.39, 0.29) is 23.9 Å². The summed E-state index contributed by atoms with van der Waals surface area (Å²) in [6.45, 7) is 4.40. The molecule has 1 aromatic heterocycles. The number of hydrogen-bond acceptors (Lipinski definition) is 4. The SMILES string of the molecule is CCOC(=O)c1cccc(C(=O)NCc2ccc(C)cc2)n1. The van der Waals surface area contributed by atoms with Crippen molar-refractivity contribution in [1.29, 1.82) is 0 Å². The number of carbonyl (C=O) groups is 2. The lowest BCUT2D eigenvalue weighted by Gasteiger charge is -2.06. The Morgan fingerprint density at radius 1 is 1.09 bits per heavy atom. The summed E-state index contributed by atoms with van der Waals surface area (Å²) in [5.74, 6) is -0.859. The zero-order valence-electron chi connectivity index (χ0n) is 12.6. The molecule has 2 aromatic rings. The summed E-state index contributed by atoms with van der Waals surface area (Å²) >= 11 is 0. The van der Waals surface area contributed by atoms with Gasteiger partial charge in [-0.1, -0.05) is 35.9 Å². The molecule has 0 aliphatic carbocycles. The van der Waals surface area contributed by atoms with E-state index in [0.717, 1.165) is 5.56 Å². The minimum Gasteiger partial charge on any atom is -0.461 e. The zero-order valence-corrected chi connectivity index (χ0v) is 12.6. The Morgan fingerprint density at radius 3 is 2.45 bits per heavy atom. The van der Waals surface area contributed by atoms with E-state index in [1.54, 1.807) is 19.1 Å². The van der Waals surface area contributed by atoms with Crippen LogP contribution < -0.4 is 5.32 Å². The fraction of sp³-hybridized carbons (Fsp3) is 0.235. The number of pyridine rings is 1. The van der Waals surface area contributed by atoms with E-state index < -0.39 is 5.97 Å². The van der Waals surface area contributed by atoms with Crippen LogP contribution in [0.1, 0.15) is 39.0 Å². The molecule has 1 N–H and O–H groups in total. The molecule has 1 aromatic carbocycles. The molecule has 0 bridgehead atoms. The van der Waals surface area contributed by atoms with Gasteiger partial charge >= 0.3 is 5.97 Å². The molecular formula is C17H18N2O3. The lowest BCUT2D eigenvalue weighted by atomic mass is 10.1. The van der Waals surface area contributed by atoms with Gasteiger partial charge in [0.1, 0.15) is 11.4 Å². The van der Waals surface area contributed by atoms with E-state index >= 15 is 0 Å². The summed E-state index contributed by atoms with van der Waals surface area (Å²) in [7, 11) is 0. The van der Waals surface area contributed by atoms with E-state index in [4.69, 9.17) is 4.74 Å². The van der Waals surface area contributed by atoms with Gasteiger partial charge in [-0.25, -0.2) is 9.78 Å². The van der Waals surface area contributed by atoms with E-state index in [0.29, 0.717) is 6.54 Å². The molecule has 5 heteroatoms. The van der Waals surface area contributed by atoms with Crippen molar-refractivity contribution in [3.05, 3.63) is 65.0 Å². The third kappa shape index (κ3) is 4.15. The topological polar surface area (TPSA) is 68.3 Å². The van der Waals surface area contributed by atoms with Gasteiger partial charge in [-0.15, -0.1) is 0 Å². The van der Waals surface area contributed by atoms with Crippen LogP contribution in [0, 0.1) is 6.92 Å². The predicted molar refractivity (Wildman–Crippen MR) is 82.5 cm³/mol. The van der Waals surface area contributed by atoms with Gasteiger partial charge in [0.25, 0.3) is 5.91 Å².